The van der Waals surface area contributed by atoms with Crippen molar-refractivity contribution in [1.29, 1.82) is 0 Å². The molecule has 1 fully saturated rings. The Labute approximate surface area is 176 Å². The van der Waals surface area contributed by atoms with E-state index in [9.17, 15) is 18.4 Å². The molecule has 0 aliphatic carbocycles. The highest BCUT2D eigenvalue weighted by atomic mass is 35.5. The van der Waals surface area contributed by atoms with E-state index in [-0.39, 0.29) is 29.7 Å². The lowest BCUT2D eigenvalue weighted by Gasteiger charge is -2.32. The molecule has 0 radical (unpaired) electrons. The first-order chi connectivity index (χ1) is 14.4. The summed E-state index contributed by atoms with van der Waals surface area (Å²) in [6.45, 7) is 0.684. The van der Waals surface area contributed by atoms with E-state index in [0.717, 1.165) is 12.1 Å². The number of benzene rings is 1. The number of likely N-dealkylation sites (tertiary alicyclic amines) is 1. The molecule has 30 heavy (non-hydrogen) atoms. The van der Waals surface area contributed by atoms with Crippen LogP contribution in [0.3, 0.4) is 0 Å². The summed E-state index contributed by atoms with van der Waals surface area (Å²) in [7, 11) is 1.47. The maximum Gasteiger partial charge on any atom is 0.273 e. The molecule has 1 saturated heterocycles. The maximum atomic E-state index is 13.9. The molecule has 2 amide bonds. The second-order valence-electron chi connectivity index (χ2n) is 6.56. The fraction of sp³-hybridized carbons (Fsp3) is 0.368. The Hall–Kier alpha value is -3.01. The van der Waals surface area contributed by atoms with Crippen molar-refractivity contribution in [3.05, 3.63) is 46.9 Å². The molecule has 1 aromatic heterocycles. The Balaban J connectivity index is 1.53. The van der Waals surface area contributed by atoms with Crippen LogP contribution in [0.5, 0.6) is 5.75 Å². The van der Waals surface area contributed by atoms with Gasteiger partial charge in [-0.1, -0.05) is 11.6 Å². The van der Waals surface area contributed by atoms with Crippen LogP contribution in [-0.4, -0.2) is 59.5 Å². The Morgan fingerprint density at radius 2 is 1.87 bits per heavy atom. The van der Waals surface area contributed by atoms with Crippen LogP contribution in [0.4, 0.5) is 14.6 Å². The Bertz CT molecular complexity index is 938. The zero-order valence-corrected chi connectivity index (χ0v) is 16.9. The number of carbonyl (C=O) groups excluding carboxylic acids is 2. The number of nitrogens with zero attached hydrogens (tertiary/aromatic N) is 3. The first kappa shape index (κ1) is 21.7. The van der Waals surface area contributed by atoms with Crippen LogP contribution in [-0.2, 0) is 4.79 Å². The average Bonchev–Trinajstić information content (AvgIpc) is 2.77. The average molecular weight is 440 g/mol. The van der Waals surface area contributed by atoms with Crippen molar-refractivity contribution in [2.24, 2.45) is 0 Å². The number of anilines is 1. The fourth-order valence-electron chi connectivity index (χ4n) is 3.03. The van der Waals surface area contributed by atoms with Crippen molar-refractivity contribution in [3.63, 3.8) is 0 Å². The summed E-state index contributed by atoms with van der Waals surface area (Å²) < 4.78 is 33.0. The Morgan fingerprint density at radius 1 is 1.20 bits per heavy atom. The van der Waals surface area contributed by atoms with E-state index in [0.29, 0.717) is 25.9 Å². The van der Waals surface area contributed by atoms with Crippen LogP contribution in [0.15, 0.2) is 24.5 Å². The number of rotatable bonds is 6. The van der Waals surface area contributed by atoms with Gasteiger partial charge in [0.15, 0.2) is 23.1 Å². The number of hydrogen-bond acceptors (Lipinski definition) is 6. The van der Waals surface area contributed by atoms with Crippen molar-refractivity contribution in [3.8, 4) is 5.75 Å². The third-order valence-corrected chi connectivity index (χ3v) is 4.98. The molecule has 0 unspecified atom stereocenters. The highest BCUT2D eigenvalue weighted by molar-refractivity contribution is 6.32. The summed E-state index contributed by atoms with van der Waals surface area (Å²) in [4.78, 5) is 33.9. The summed E-state index contributed by atoms with van der Waals surface area (Å²) in [6.07, 6.45) is 3.28. The van der Waals surface area contributed by atoms with Crippen molar-refractivity contribution >= 4 is 29.2 Å². The normalized spacial score (nSPS) is 14.3. The molecule has 1 aliphatic heterocycles. The van der Waals surface area contributed by atoms with Crippen molar-refractivity contribution in [2.45, 2.75) is 18.9 Å². The quantitative estimate of drug-likeness (QED) is 0.670. The molecule has 3 rings (SSSR count). The predicted octanol–water partition coefficient (Wildman–Crippen LogP) is 2.25. The largest absolute Gasteiger partial charge is 0.486 e. The number of hydrogen-bond donors (Lipinski definition) is 2. The predicted molar refractivity (Wildman–Crippen MR) is 106 cm³/mol. The Morgan fingerprint density at radius 3 is 2.57 bits per heavy atom. The molecule has 0 saturated carbocycles. The van der Waals surface area contributed by atoms with Gasteiger partial charge < -0.3 is 20.3 Å². The second-order valence-corrected chi connectivity index (χ2v) is 6.93. The number of aromatic nitrogens is 2. The van der Waals surface area contributed by atoms with E-state index in [1.165, 1.54) is 19.4 Å². The van der Waals surface area contributed by atoms with E-state index < -0.39 is 28.7 Å². The minimum Gasteiger partial charge on any atom is -0.486 e. The van der Waals surface area contributed by atoms with E-state index >= 15 is 0 Å². The lowest BCUT2D eigenvalue weighted by Crippen LogP contribution is -2.44. The number of halogens is 3. The van der Waals surface area contributed by atoms with Crippen LogP contribution in [0.1, 0.15) is 23.3 Å². The number of carbonyl (C=O) groups is 2. The lowest BCUT2D eigenvalue weighted by atomic mass is 10.1. The molecule has 2 aromatic rings. The van der Waals surface area contributed by atoms with E-state index in [2.05, 4.69) is 20.6 Å². The van der Waals surface area contributed by atoms with Gasteiger partial charge in [-0.15, -0.1) is 0 Å². The van der Waals surface area contributed by atoms with Gasteiger partial charge in [0.2, 0.25) is 5.91 Å². The molecule has 160 valence electrons. The molecule has 0 atom stereocenters. The summed E-state index contributed by atoms with van der Waals surface area (Å²) in [5.41, 5.74) is 0.0916. The number of amides is 2. The van der Waals surface area contributed by atoms with Gasteiger partial charge in [0, 0.05) is 45.4 Å². The topological polar surface area (TPSA) is 96.4 Å². The molecular weight excluding hydrogens is 420 g/mol. The van der Waals surface area contributed by atoms with Gasteiger partial charge in [0.1, 0.15) is 16.9 Å². The molecule has 0 spiro atoms. The molecule has 8 nitrogen and oxygen atoms in total. The fourth-order valence-corrected chi connectivity index (χ4v) is 3.23. The van der Waals surface area contributed by atoms with Crippen molar-refractivity contribution in [1.82, 2.24) is 20.2 Å². The monoisotopic (exact) mass is 439 g/mol. The zero-order chi connectivity index (χ0) is 21.7. The molecule has 1 aliphatic rings. The van der Waals surface area contributed by atoms with Gasteiger partial charge in [-0.3, -0.25) is 9.59 Å². The standard InChI is InChI=1S/C19H20ClF2N5O3/c1-23-19(29)16-18(25-7-6-24-16)26-10-14(28)27-8-4-11(5-9-27)30-17-13(22)3-2-12(21)15(17)20/h2-3,6-7,11H,4-5,8-10H2,1H3,(H,23,29)(H,25,26). The van der Waals surface area contributed by atoms with Crippen molar-refractivity contribution in [2.75, 3.05) is 32.0 Å². The molecule has 2 N–H and O–H groups in total. The molecule has 11 heteroatoms. The molecule has 1 aromatic carbocycles. The molecular formula is C19H20ClF2N5O3. The summed E-state index contributed by atoms with van der Waals surface area (Å²) in [5.74, 6) is -2.21. The van der Waals surface area contributed by atoms with Crippen LogP contribution in [0.2, 0.25) is 5.02 Å². The number of nitrogens with one attached hydrogen (secondary N) is 2. The van der Waals surface area contributed by atoms with Crippen LogP contribution >= 0.6 is 11.6 Å². The van der Waals surface area contributed by atoms with E-state index in [1.54, 1.807) is 4.90 Å². The number of ether oxygens (including phenoxy) is 1. The smallest absolute Gasteiger partial charge is 0.273 e. The first-order valence-corrected chi connectivity index (χ1v) is 9.63. The minimum atomic E-state index is -0.758. The van der Waals surface area contributed by atoms with Crippen LogP contribution in [0, 0.1) is 11.6 Å². The third kappa shape index (κ3) is 4.93. The summed E-state index contributed by atoms with van der Waals surface area (Å²) in [6, 6.07) is 1.89. The molecule has 0 bridgehead atoms. The number of piperidine rings is 1. The third-order valence-electron chi connectivity index (χ3n) is 4.63. The maximum absolute atomic E-state index is 13.9. The highest BCUT2D eigenvalue weighted by Crippen LogP contribution is 2.32. The van der Waals surface area contributed by atoms with Gasteiger partial charge >= 0.3 is 0 Å². The van der Waals surface area contributed by atoms with Crippen LogP contribution < -0.4 is 15.4 Å². The first-order valence-electron chi connectivity index (χ1n) is 9.25. The summed E-state index contributed by atoms with van der Waals surface area (Å²) >= 11 is 5.79. The van der Waals surface area contributed by atoms with Crippen LogP contribution in [0.25, 0.3) is 0 Å². The van der Waals surface area contributed by atoms with E-state index in [4.69, 9.17) is 16.3 Å². The van der Waals surface area contributed by atoms with Gasteiger partial charge in [0.05, 0.1) is 6.54 Å². The molecule has 2 heterocycles. The van der Waals surface area contributed by atoms with Gasteiger partial charge in [0.25, 0.3) is 5.91 Å². The van der Waals surface area contributed by atoms with Crippen molar-refractivity contribution < 1.29 is 23.1 Å². The zero-order valence-electron chi connectivity index (χ0n) is 16.1. The van der Waals surface area contributed by atoms with Gasteiger partial charge in [-0.2, -0.15) is 0 Å². The van der Waals surface area contributed by atoms with E-state index in [1.807, 2.05) is 0 Å². The lowest BCUT2D eigenvalue weighted by molar-refractivity contribution is -0.131. The highest BCUT2D eigenvalue weighted by Gasteiger charge is 2.26. The summed E-state index contributed by atoms with van der Waals surface area (Å²) in [5, 5.41) is 4.90. The van der Waals surface area contributed by atoms with Gasteiger partial charge in [-0.25, -0.2) is 18.7 Å². The minimum absolute atomic E-state index is 0.0709. The SMILES string of the molecule is CNC(=O)c1nccnc1NCC(=O)N1CCC(Oc2c(F)ccc(F)c2Cl)CC1. The van der Waals surface area contributed by atoms with Gasteiger partial charge in [-0.05, 0) is 12.1 Å². The second kappa shape index (κ2) is 9.66. The Kier molecular flexibility index (Phi) is 6.99.